The number of nitrogens with two attached hydrogens (primary N) is 2. The molecule has 0 fully saturated rings. The van der Waals surface area contributed by atoms with Gasteiger partial charge in [-0.2, -0.15) is 0 Å². The second-order valence-corrected chi connectivity index (χ2v) is 3.12. The highest BCUT2D eigenvalue weighted by Gasteiger charge is 2.33. The van der Waals surface area contributed by atoms with E-state index in [1.54, 1.807) is 0 Å². The highest BCUT2D eigenvalue weighted by atomic mass is 19.4. The molecule has 0 amide bonds. The zero-order chi connectivity index (χ0) is 13.9. The van der Waals surface area contributed by atoms with Gasteiger partial charge in [0.1, 0.15) is 5.69 Å². The third kappa shape index (κ3) is 3.23. The molecule has 0 aliphatic rings. The number of carbonyl (C=O) groups is 1. The molecule has 9 heteroatoms. The van der Waals surface area contributed by atoms with Crippen LogP contribution in [0.1, 0.15) is 16.2 Å². The Morgan fingerprint density at radius 1 is 1.50 bits per heavy atom. The van der Waals surface area contributed by atoms with Gasteiger partial charge in [-0.25, -0.2) is 9.78 Å². The minimum absolute atomic E-state index is 0.0175. The van der Waals surface area contributed by atoms with Gasteiger partial charge in [0.25, 0.3) is 0 Å². The number of anilines is 1. The molecule has 1 aromatic heterocycles. The number of pyridine rings is 1. The SMILES string of the molecule is COC(=O)c1nc(CN)cc(OC(F)(F)F)c1N. The monoisotopic (exact) mass is 265 g/mol. The number of aromatic nitrogens is 1. The lowest BCUT2D eigenvalue weighted by Crippen LogP contribution is -2.20. The van der Waals surface area contributed by atoms with Gasteiger partial charge in [0.2, 0.25) is 0 Å². The molecule has 0 aromatic carbocycles. The predicted molar refractivity (Wildman–Crippen MR) is 54.6 cm³/mol. The van der Waals surface area contributed by atoms with Crippen molar-refractivity contribution in [2.75, 3.05) is 12.8 Å². The maximum atomic E-state index is 12.1. The van der Waals surface area contributed by atoms with E-state index in [0.717, 1.165) is 13.2 Å². The Balaban J connectivity index is 3.29. The predicted octanol–water partition coefficient (Wildman–Crippen LogP) is 0.808. The molecule has 0 radical (unpaired) electrons. The van der Waals surface area contributed by atoms with Gasteiger partial charge in [-0.1, -0.05) is 0 Å². The fraction of sp³-hybridized carbons (Fsp3) is 0.333. The number of methoxy groups -OCH3 is 1. The summed E-state index contributed by atoms with van der Waals surface area (Å²) in [5.74, 6) is -1.71. The fourth-order valence-electron chi connectivity index (χ4n) is 1.15. The van der Waals surface area contributed by atoms with Crippen molar-refractivity contribution in [2.24, 2.45) is 5.73 Å². The molecule has 100 valence electrons. The van der Waals surface area contributed by atoms with Gasteiger partial charge < -0.3 is 20.9 Å². The van der Waals surface area contributed by atoms with E-state index in [9.17, 15) is 18.0 Å². The van der Waals surface area contributed by atoms with Crippen molar-refractivity contribution in [2.45, 2.75) is 12.9 Å². The number of carbonyl (C=O) groups excluding carboxylic acids is 1. The molecule has 0 bridgehead atoms. The van der Waals surface area contributed by atoms with E-state index in [1.807, 2.05) is 0 Å². The van der Waals surface area contributed by atoms with Gasteiger partial charge in [-0.3, -0.25) is 0 Å². The zero-order valence-corrected chi connectivity index (χ0v) is 9.25. The number of rotatable bonds is 3. The summed E-state index contributed by atoms with van der Waals surface area (Å²) >= 11 is 0. The van der Waals surface area contributed by atoms with E-state index in [4.69, 9.17) is 11.5 Å². The third-order valence-corrected chi connectivity index (χ3v) is 1.89. The summed E-state index contributed by atoms with van der Waals surface area (Å²) in [5.41, 5.74) is 9.60. The molecule has 0 aliphatic heterocycles. The largest absolute Gasteiger partial charge is 0.573 e. The van der Waals surface area contributed by atoms with E-state index < -0.39 is 29.5 Å². The van der Waals surface area contributed by atoms with Crippen LogP contribution in [0.5, 0.6) is 5.75 Å². The average Bonchev–Trinajstić information content (AvgIpc) is 2.29. The highest BCUT2D eigenvalue weighted by molar-refractivity contribution is 5.94. The lowest BCUT2D eigenvalue weighted by atomic mass is 10.2. The Labute approximate surface area is 99.7 Å². The molecule has 18 heavy (non-hydrogen) atoms. The van der Waals surface area contributed by atoms with Crippen LogP contribution in [0.4, 0.5) is 18.9 Å². The van der Waals surface area contributed by atoms with Crippen molar-refractivity contribution in [1.29, 1.82) is 0 Å². The summed E-state index contributed by atoms with van der Waals surface area (Å²) in [6, 6.07) is 0.912. The molecule has 0 unspecified atom stereocenters. The maximum absolute atomic E-state index is 12.1. The molecule has 0 saturated carbocycles. The van der Waals surface area contributed by atoms with Crippen LogP contribution < -0.4 is 16.2 Å². The second kappa shape index (κ2) is 5.08. The van der Waals surface area contributed by atoms with Crippen LogP contribution in [0, 0.1) is 0 Å². The first-order valence-electron chi connectivity index (χ1n) is 4.62. The highest BCUT2D eigenvalue weighted by Crippen LogP contribution is 2.31. The second-order valence-electron chi connectivity index (χ2n) is 3.12. The number of hydrogen-bond donors (Lipinski definition) is 2. The van der Waals surface area contributed by atoms with Crippen LogP contribution in [0.3, 0.4) is 0 Å². The zero-order valence-electron chi connectivity index (χ0n) is 9.25. The summed E-state index contributed by atoms with van der Waals surface area (Å²) in [4.78, 5) is 15.0. The van der Waals surface area contributed by atoms with Crippen LogP contribution >= 0.6 is 0 Å². The third-order valence-electron chi connectivity index (χ3n) is 1.89. The molecule has 0 atom stereocenters. The van der Waals surface area contributed by atoms with Crippen molar-refractivity contribution >= 4 is 11.7 Å². The minimum Gasteiger partial charge on any atom is -0.464 e. The molecule has 4 N–H and O–H groups in total. The van der Waals surface area contributed by atoms with Gasteiger partial charge in [0.05, 0.1) is 12.8 Å². The van der Waals surface area contributed by atoms with Crippen molar-refractivity contribution in [1.82, 2.24) is 4.98 Å². The maximum Gasteiger partial charge on any atom is 0.573 e. The Bertz CT molecular complexity index is 462. The van der Waals surface area contributed by atoms with Crippen LogP contribution in [-0.4, -0.2) is 24.4 Å². The van der Waals surface area contributed by atoms with Crippen molar-refractivity contribution < 1.29 is 27.4 Å². The molecule has 1 aromatic rings. The summed E-state index contributed by atoms with van der Waals surface area (Å²) in [6.45, 7) is -0.182. The average molecular weight is 265 g/mol. The summed E-state index contributed by atoms with van der Waals surface area (Å²) in [7, 11) is 1.04. The standard InChI is InChI=1S/C9H10F3N3O3/c1-17-8(16)7-6(14)5(18-9(10,11)12)2-4(3-13)15-7/h2H,3,13-14H2,1H3. The fourth-order valence-corrected chi connectivity index (χ4v) is 1.15. The van der Waals surface area contributed by atoms with Gasteiger partial charge in [-0.05, 0) is 0 Å². The lowest BCUT2D eigenvalue weighted by Gasteiger charge is -2.13. The van der Waals surface area contributed by atoms with Gasteiger partial charge in [0.15, 0.2) is 11.4 Å². The smallest absolute Gasteiger partial charge is 0.464 e. The number of nitrogen functional groups attached to an aromatic ring is 1. The van der Waals surface area contributed by atoms with Crippen LogP contribution in [0.2, 0.25) is 0 Å². The molecule has 0 aliphatic carbocycles. The summed E-state index contributed by atoms with van der Waals surface area (Å²) in [5, 5.41) is 0. The molecule has 1 heterocycles. The van der Waals surface area contributed by atoms with Crippen LogP contribution in [0.15, 0.2) is 6.07 Å². The van der Waals surface area contributed by atoms with Gasteiger partial charge in [-0.15, -0.1) is 13.2 Å². The van der Waals surface area contributed by atoms with Crippen molar-refractivity contribution in [3.05, 3.63) is 17.5 Å². The minimum atomic E-state index is -4.94. The summed E-state index contributed by atoms with van der Waals surface area (Å²) < 4.78 is 44.4. The number of esters is 1. The first-order valence-corrected chi connectivity index (χ1v) is 4.62. The Kier molecular flexibility index (Phi) is 3.96. The number of ether oxygens (including phenoxy) is 2. The molecule has 6 nitrogen and oxygen atoms in total. The number of alkyl halides is 3. The van der Waals surface area contributed by atoms with E-state index in [-0.39, 0.29) is 12.2 Å². The van der Waals surface area contributed by atoms with Crippen molar-refractivity contribution in [3.8, 4) is 5.75 Å². The molecule has 1 rings (SSSR count). The first kappa shape index (κ1) is 14.0. The first-order chi connectivity index (χ1) is 8.28. The van der Waals surface area contributed by atoms with Crippen LogP contribution in [-0.2, 0) is 11.3 Å². The van der Waals surface area contributed by atoms with Gasteiger partial charge >= 0.3 is 12.3 Å². The summed E-state index contributed by atoms with van der Waals surface area (Å²) in [6.07, 6.45) is -4.94. The van der Waals surface area contributed by atoms with E-state index >= 15 is 0 Å². The topological polar surface area (TPSA) is 100 Å². The van der Waals surface area contributed by atoms with E-state index in [0.29, 0.717) is 0 Å². The van der Waals surface area contributed by atoms with Crippen molar-refractivity contribution in [3.63, 3.8) is 0 Å². The van der Waals surface area contributed by atoms with Crippen LogP contribution in [0.25, 0.3) is 0 Å². The van der Waals surface area contributed by atoms with Gasteiger partial charge in [0, 0.05) is 12.6 Å². The molecular weight excluding hydrogens is 255 g/mol. The Hall–Kier alpha value is -2.03. The lowest BCUT2D eigenvalue weighted by molar-refractivity contribution is -0.274. The normalized spacial score (nSPS) is 11.2. The van der Waals surface area contributed by atoms with E-state index in [1.165, 1.54) is 0 Å². The molecule has 0 spiro atoms. The Morgan fingerprint density at radius 3 is 2.56 bits per heavy atom. The molecule has 0 saturated heterocycles. The van der Waals surface area contributed by atoms with E-state index in [2.05, 4.69) is 14.5 Å². The quantitative estimate of drug-likeness (QED) is 0.784. The number of nitrogens with zero attached hydrogens (tertiary/aromatic N) is 1. The number of halogens is 3. The molecular formula is C9H10F3N3O3. The Morgan fingerprint density at radius 2 is 2.11 bits per heavy atom. The number of hydrogen-bond acceptors (Lipinski definition) is 6.